The van der Waals surface area contributed by atoms with Crippen LogP contribution in [0, 0.1) is 6.92 Å². The van der Waals surface area contributed by atoms with Gasteiger partial charge in [-0.3, -0.25) is 0 Å². The summed E-state index contributed by atoms with van der Waals surface area (Å²) in [5, 5.41) is 7.26. The lowest BCUT2D eigenvalue weighted by Crippen LogP contribution is -2.84. The predicted molar refractivity (Wildman–Crippen MR) is 89.2 cm³/mol. The summed E-state index contributed by atoms with van der Waals surface area (Å²) < 4.78 is 0. The number of nitrogens with two attached hydrogens (primary N) is 1. The fraction of sp³-hybridized carbons (Fsp3) is 0.278. The van der Waals surface area contributed by atoms with E-state index in [4.69, 9.17) is 16.4 Å². The van der Waals surface area contributed by atoms with Gasteiger partial charge in [0.1, 0.15) is 13.1 Å². The molecular weight excluding hydrogens is 296 g/mol. The zero-order valence-electron chi connectivity index (χ0n) is 12.6. The maximum atomic E-state index is 5.99. The van der Waals surface area contributed by atoms with E-state index in [2.05, 4.69) is 47.7 Å². The van der Waals surface area contributed by atoms with Gasteiger partial charge in [-0.15, -0.1) is 0 Å². The van der Waals surface area contributed by atoms with E-state index in [0.29, 0.717) is 0 Å². The Morgan fingerprint density at radius 3 is 2.82 bits per heavy atom. The quantitative estimate of drug-likeness (QED) is 0.905. The minimum Gasteiger partial charge on any atom is -0.386 e. The first-order valence-electron chi connectivity index (χ1n) is 7.56. The molecule has 0 saturated heterocycles. The van der Waals surface area contributed by atoms with Gasteiger partial charge in [-0.2, -0.15) is 0 Å². The van der Waals surface area contributed by atoms with E-state index < -0.39 is 0 Å². The van der Waals surface area contributed by atoms with Crippen molar-refractivity contribution in [3.05, 3.63) is 70.2 Å². The Morgan fingerprint density at radius 1 is 1.23 bits per heavy atom. The van der Waals surface area contributed by atoms with Gasteiger partial charge in [0.05, 0.1) is 5.71 Å². The standard InChI is InChI=1S/C18H19ClN2O/c1-13-5-7-15(8-6-13)18-10-17(22-21-18)12-20-11-14-3-2-4-16(19)9-14/h2-9,17,20H,10-12H2,1H3/p+1/t17-/m1/s1. The maximum absolute atomic E-state index is 5.99. The number of rotatable bonds is 5. The number of hydrogen-bond acceptors (Lipinski definition) is 2. The summed E-state index contributed by atoms with van der Waals surface area (Å²) in [5.41, 5.74) is 4.68. The van der Waals surface area contributed by atoms with Crippen LogP contribution in [0.1, 0.15) is 23.1 Å². The second-order valence-electron chi connectivity index (χ2n) is 5.69. The number of aryl methyl sites for hydroxylation is 1. The molecule has 0 radical (unpaired) electrons. The van der Waals surface area contributed by atoms with Crippen molar-refractivity contribution >= 4 is 17.3 Å². The summed E-state index contributed by atoms with van der Waals surface area (Å²) in [6.07, 6.45) is 1.02. The van der Waals surface area contributed by atoms with Gasteiger partial charge < -0.3 is 10.2 Å². The molecule has 0 aromatic heterocycles. The summed E-state index contributed by atoms with van der Waals surface area (Å²) in [4.78, 5) is 5.54. The molecule has 0 amide bonds. The van der Waals surface area contributed by atoms with Crippen LogP contribution in [0.3, 0.4) is 0 Å². The summed E-state index contributed by atoms with van der Waals surface area (Å²) >= 11 is 5.99. The molecule has 2 aromatic rings. The predicted octanol–water partition coefficient (Wildman–Crippen LogP) is 2.91. The first-order valence-corrected chi connectivity index (χ1v) is 7.94. The SMILES string of the molecule is Cc1ccc(C2=NO[C@@H](C[NH2+]Cc3cccc(Cl)c3)C2)cc1. The lowest BCUT2D eigenvalue weighted by atomic mass is 10.0. The van der Waals surface area contributed by atoms with Gasteiger partial charge in [0.2, 0.25) is 0 Å². The normalized spacial score (nSPS) is 17.2. The monoisotopic (exact) mass is 315 g/mol. The van der Waals surface area contributed by atoms with Gasteiger partial charge in [-0.05, 0) is 24.6 Å². The smallest absolute Gasteiger partial charge is 0.181 e. The molecule has 1 aliphatic heterocycles. The molecule has 0 fully saturated rings. The van der Waals surface area contributed by atoms with Crippen molar-refractivity contribution in [1.82, 2.24) is 0 Å². The molecule has 0 spiro atoms. The van der Waals surface area contributed by atoms with Crippen molar-refractivity contribution in [2.24, 2.45) is 5.16 Å². The molecule has 0 aliphatic carbocycles. The largest absolute Gasteiger partial charge is 0.386 e. The second-order valence-corrected chi connectivity index (χ2v) is 6.13. The molecule has 3 nitrogen and oxygen atoms in total. The molecule has 1 aliphatic rings. The number of nitrogens with zero attached hydrogens (tertiary/aromatic N) is 1. The zero-order chi connectivity index (χ0) is 15.4. The molecule has 114 valence electrons. The molecular formula is C18H20ClN2O+. The third kappa shape index (κ3) is 3.87. The fourth-order valence-corrected chi connectivity index (χ4v) is 2.78. The molecule has 0 bridgehead atoms. The highest BCUT2D eigenvalue weighted by Crippen LogP contribution is 2.16. The lowest BCUT2D eigenvalue weighted by molar-refractivity contribution is -0.676. The van der Waals surface area contributed by atoms with E-state index in [1.54, 1.807) is 0 Å². The Kier molecular flexibility index (Phi) is 4.76. The van der Waals surface area contributed by atoms with Gasteiger partial charge in [0.25, 0.3) is 0 Å². The van der Waals surface area contributed by atoms with E-state index in [-0.39, 0.29) is 6.10 Å². The van der Waals surface area contributed by atoms with Crippen molar-refractivity contribution in [2.75, 3.05) is 6.54 Å². The van der Waals surface area contributed by atoms with E-state index in [9.17, 15) is 0 Å². The fourth-order valence-electron chi connectivity index (χ4n) is 2.57. The molecule has 1 heterocycles. The summed E-state index contributed by atoms with van der Waals surface area (Å²) in [7, 11) is 0. The highest BCUT2D eigenvalue weighted by molar-refractivity contribution is 6.30. The average Bonchev–Trinajstić information content (AvgIpc) is 2.97. The van der Waals surface area contributed by atoms with Gasteiger partial charge in [-0.25, -0.2) is 0 Å². The van der Waals surface area contributed by atoms with Gasteiger partial charge in [-0.1, -0.05) is 58.7 Å². The minimum absolute atomic E-state index is 0.149. The highest BCUT2D eigenvalue weighted by Gasteiger charge is 2.23. The van der Waals surface area contributed by atoms with E-state index in [1.807, 2.05) is 18.2 Å². The third-order valence-corrected chi connectivity index (χ3v) is 4.05. The van der Waals surface area contributed by atoms with Crippen LogP contribution in [0.15, 0.2) is 53.7 Å². The molecule has 0 saturated carbocycles. The average molecular weight is 316 g/mol. The molecule has 0 unspecified atom stereocenters. The van der Waals surface area contributed by atoms with Crippen LogP contribution in [0.5, 0.6) is 0 Å². The van der Waals surface area contributed by atoms with Crippen LogP contribution in [0.25, 0.3) is 0 Å². The number of benzene rings is 2. The van der Waals surface area contributed by atoms with Crippen LogP contribution in [-0.4, -0.2) is 18.4 Å². The van der Waals surface area contributed by atoms with Crippen molar-refractivity contribution in [1.29, 1.82) is 0 Å². The maximum Gasteiger partial charge on any atom is 0.181 e. The first kappa shape index (κ1) is 15.1. The molecule has 2 N–H and O–H groups in total. The lowest BCUT2D eigenvalue weighted by Gasteiger charge is -2.07. The number of halogens is 1. The Labute approximate surface area is 135 Å². The first-order chi connectivity index (χ1) is 10.7. The third-order valence-electron chi connectivity index (χ3n) is 3.82. The van der Waals surface area contributed by atoms with Crippen molar-refractivity contribution < 1.29 is 10.2 Å². The van der Waals surface area contributed by atoms with Crippen LogP contribution < -0.4 is 5.32 Å². The highest BCUT2D eigenvalue weighted by atomic mass is 35.5. The number of oxime groups is 1. The zero-order valence-corrected chi connectivity index (χ0v) is 13.4. The molecule has 2 aromatic carbocycles. The Hall–Kier alpha value is -1.84. The van der Waals surface area contributed by atoms with Gasteiger partial charge in [0, 0.05) is 17.0 Å². The summed E-state index contributed by atoms with van der Waals surface area (Å²) in [6.45, 7) is 3.88. The van der Waals surface area contributed by atoms with E-state index in [1.165, 1.54) is 11.1 Å². The van der Waals surface area contributed by atoms with Crippen molar-refractivity contribution in [3.8, 4) is 0 Å². The molecule has 22 heavy (non-hydrogen) atoms. The van der Waals surface area contributed by atoms with Gasteiger partial charge in [0.15, 0.2) is 6.10 Å². The second kappa shape index (κ2) is 6.95. The Bertz CT molecular complexity index is 667. The Morgan fingerprint density at radius 2 is 2.05 bits per heavy atom. The topological polar surface area (TPSA) is 38.2 Å². The van der Waals surface area contributed by atoms with Crippen LogP contribution in [-0.2, 0) is 11.4 Å². The van der Waals surface area contributed by atoms with Gasteiger partial charge >= 0.3 is 0 Å². The van der Waals surface area contributed by atoms with E-state index in [0.717, 1.165) is 35.8 Å². The summed E-state index contributed by atoms with van der Waals surface area (Å²) in [6, 6.07) is 16.4. The molecule has 1 atom stereocenters. The number of quaternary nitrogens is 1. The van der Waals surface area contributed by atoms with Crippen LogP contribution in [0.4, 0.5) is 0 Å². The van der Waals surface area contributed by atoms with Crippen molar-refractivity contribution in [3.63, 3.8) is 0 Å². The molecule has 3 rings (SSSR count). The summed E-state index contributed by atoms with van der Waals surface area (Å²) in [5.74, 6) is 0. The molecule has 4 heteroatoms. The van der Waals surface area contributed by atoms with E-state index >= 15 is 0 Å². The van der Waals surface area contributed by atoms with Crippen LogP contribution in [0.2, 0.25) is 5.02 Å². The number of hydrogen-bond donors (Lipinski definition) is 1. The Balaban J connectivity index is 1.47. The minimum atomic E-state index is 0.149. The van der Waals surface area contributed by atoms with Crippen LogP contribution >= 0.6 is 11.6 Å². The van der Waals surface area contributed by atoms with Crippen molar-refractivity contribution in [2.45, 2.75) is 26.0 Å².